The first-order valence-electron chi connectivity index (χ1n) is 7.23. The predicted molar refractivity (Wildman–Crippen MR) is 93.6 cm³/mol. The number of nitrogens with zero attached hydrogens (tertiary/aromatic N) is 2. The average Bonchev–Trinajstić information content (AvgIpc) is 2.37. The Hall–Kier alpha value is -0.390. The Bertz CT molecular complexity index is 509. The Balaban J connectivity index is 2.70. The summed E-state index contributed by atoms with van der Waals surface area (Å²) in [5, 5.41) is 0. The topological polar surface area (TPSA) is 23.6 Å². The van der Waals surface area contributed by atoms with Crippen LogP contribution in [0.25, 0.3) is 0 Å². The van der Waals surface area contributed by atoms with E-state index >= 15 is 0 Å². The van der Waals surface area contributed by atoms with Gasteiger partial charge in [-0.1, -0.05) is 26.1 Å². The van der Waals surface area contributed by atoms with Gasteiger partial charge in [0.05, 0.1) is 10.2 Å². The minimum Gasteiger partial charge on any atom is -0.371 e. The number of hydrogen-bond acceptors (Lipinski definition) is 5. The molecule has 0 aliphatic carbocycles. The summed E-state index contributed by atoms with van der Waals surface area (Å²) in [5.41, 5.74) is 1.68. The molecule has 1 aromatic carbocycles. The van der Waals surface area contributed by atoms with Gasteiger partial charge in [0.2, 0.25) is 5.43 Å². The van der Waals surface area contributed by atoms with Crippen molar-refractivity contribution in [3.05, 3.63) is 20.3 Å². The van der Waals surface area contributed by atoms with Crippen LogP contribution >= 0.6 is 24.8 Å². The molecular weight excluding hydrogens is 288 g/mol. The smallest absolute Gasteiger partial charge is 0.220 e. The van der Waals surface area contributed by atoms with E-state index in [9.17, 15) is 4.79 Å². The van der Waals surface area contributed by atoms with Crippen LogP contribution in [-0.2, 0) is 4.75 Å². The van der Waals surface area contributed by atoms with E-state index in [2.05, 4.69) is 31.4 Å². The van der Waals surface area contributed by atoms with Crippen LogP contribution in [0.1, 0.15) is 39.7 Å². The van der Waals surface area contributed by atoms with Crippen LogP contribution in [0.5, 0.6) is 0 Å². The third-order valence-corrected chi connectivity index (χ3v) is 4.35. The van der Waals surface area contributed by atoms with Gasteiger partial charge in [-0.2, -0.15) is 12.6 Å². The molecule has 0 fully saturated rings. The van der Waals surface area contributed by atoms with Crippen molar-refractivity contribution in [2.75, 3.05) is 38.1 Å². The monoisotopic (exact) mass is 314 g/mol. The Kier molecular flexibility index (Phi) is 6.23. The lowest BCUT2D eigenvalue weighted by atomic mass is 9.95. The Labute approximate surface area is 133 Å². The van der Waals surface area contributed by atoms with Gasteiger partial charge >= 0.3 is 0 Å². The lowest BCUT2D eigenvalue weighted by molar-refractivity contribution is 0.301. The minimum absolute atomic E-state index is 0.00228. The van der Waals surface area contributed by atoms with E-state index in [1.54, 1.807) is 0 Å². The van der Waals surface area contributed by atoms with Gasteiger partial charge in [0.15, 0.2) is 0 Å². The van der Waals surface area contributed by atoms with Crippen molar-refractivity contribution < 1.29 is 0 Å². The molecule has 0 saturated carbocycles. The van der Waals surface area contributed by atoms with E-state index in [1.165, 1.54) is 0 Å². The summed E-state index contributed by atoms with van der Waals surface area (Å²) >= 11 is 9.73. The highest BCUT2D eigenvalue weighted by Gasteiger charge is 2.30. The fourth-order valence-electron chi connectivity index (χ4n) is 2.49. The van der Waals surface area contributed by atoms with Gasteiger partial charge in [0, 0.05) is 23.9 Å². The molecule has 20 heavy (non-hydrogen) atoms. The molecule has 0 aromatic heterocycles. The third kappa shape index (κ3) is 3.83. The Morgan fingerprint density at radius 3 is 2.20 bits per heavy atom. The molecule has 1 rings (SSSR count). The van der Waals surface area contributed by atoms with Crippen LogP contribution in [-0.4, -0.2) is 38.1 Å². The maximum absolute atomic E-state index is 12.0. The number of hydrogen-bond donors (Lipinski definition) is 1. The zero-order valence-electron chi connectivity index (χ0n) is 13.2. The molecule has 0 amide bonds. The van der Waals surface area contributed by atoms with Crippen molar-refractivity contribution in [2.24, 2.45) is 0 Å². The van der Waals surface area contributed by atoms with Gasteiger partial charge in [-0.25, -0.2) is 0 Å². The van der Waals surface area contributed by atoms with Gasteiger partial charge in [-0.3, -0.25) is 4.79 Å². The summed E-state index contributed by atoms with van der Waals surface area (Å²) in [6, 6.07) is 0. The molecule has 0 unspecified atom stereocenters. The molecule has 0 heterocycles. The first-order valence-corrected chi connectivity index (χ1v) is 8.09. The van der Waals surface area contributed by atoms with Gasteiger partial charge in [-0.15, -0.1) is 0 Å². The van der Waals surface area contributed by atoms with Crippen LogP contribution < -0.4 is 10.3 Å². The van der Waals surface area contributed by atoms with Crippen LogP contribution in [0.4, 0.5) is 5.69 Å². The van der Waals surface area contributed by atoms with E-state index in [1.807, 2.05) is 25.8 Å². The first-order chi connectivity index (χ1) is 9.23. The molecule has 0 saturated heterocycles. The number of anilines is 1. The van der Waals surface area contributed by atoms with Crippen molar-refractivity contribution in [3.63, 3.8) is 0 Å². The van der Waals surface area contributed by atoms with E-state index in [0.717, 1.165) is 43.9 Å². The molecule has 3 nitrogen and oxygen atoms in total. The SMILES string of the molecule is CCN(CC)CCCN(C)c1c(C(C)(C)S)c(=S)c1=O. The zero-order valence-corrected chi connectivity index (χ0v) is 14.9. The second-order valence-corrected chi connectivity index (χ2v) is 7.27. The minimum atomic E-state index is -0.354. The second-order valence-electron chi connectivity index (χ2n) is 5.74. The second kappa shape index (κ2) is 7.05. The summed E-state index contributed by atoms with van der Waals surface area (Å²) < 4.78 is 0.101. The Morgan fingerprint density at radius 2 is 1.75 bits per heavy atom. The fourth-order valence-corrected chi connectivity index (χ4v) is 3.24. The van der Waals surface area contributed by atoms with Gasteiger partial charge in [0.25, 0.3) is 0 Å². The quantitative estimate of drug-likeness (QED) is 0.589. The molecule has 0 bridgehead atoms. The highest BCUT2D eigenvalue weighted by molar-refractivity contribution is 7.81. The van der Waals surface area contributed by atoms with Crippen molar-refractivity contribution in [3.8, 4) is 0 Å². The van der Waals surface area contributed by atoms with Gasteiger partial charge in [-0.05, 0) is 39.9 Å². The van der Waals surface area contributed by atoms with Crippen molar-refractivity contribution in [1.82, 2.24) is 4.90 Å². The summed E-state index contributed by atoms with van der Waals surface area (Å²) in [6.45, 7) is 12.4. The number of rotatable bonds is 8. The molecule has 114 valence electrons. The Morgan fingerprint density at radius 1 is 1.20 bits per heavy atom. The summed E-state index contributed by atoms with van der Waals surface area (Å²) in [7, 11) is 1.97. The molecule has 0 spiro atoms. The highest BCUT2D eigenvalue weighted by atomic mass is 32.1. The molecule has 0 aliphatic rings. The van der Waals surface area contributed by atoms with Crippen LogP contribution in [0.2, 0.25) is 0 Å². The van der Waals surface area contributed by atoms with Crippen molar-refractivity contribution >= 4 is 30.5 Å². The van der Waals surface area contributed by atoms with E-state index in [0.29, 0.717) is 4.51 Å². The molecule has 0 radical (unpaired) electrons. The largest absolute Gasteiger partial charge is 0.371 e. The normalized spacial score (nSPS) is 12.3. The summed E-state index contributed by atoms with van der Waals surface area (Å²) in [4.78, 5) is 16.4. The zero-order chi connectivity index (χ0) is 15.5. The van der Waals surface area contributed by atoms with E-state index in [4.69, 9.17) is 12.2 Å². The van der Waals surface area contributed by atoms with Crippen molar-refractivity contribution in [2.45, 2.75) is 38.9 Å². The van der Waals surface area contributed by atoms with E-state index < -0.39 is 0 Å². The van der Waals surface area contributed by atoms with Gasteiger partial charge < -0.3 is 9.80 Å². The first kappa shape index (κ1) is 17.7. The molecular formula is C15H26N2OS2. The van der Waals surface area contributed by atoms with Crippen LogP contribution in [0.15, 0.2) is 4.79 Å². The van der Waals surface area contributed by atoms with Crippen LogP contribution in [0.3, 0.4) is 0 Å². The average molecular weight is 315 g/mol. The van der Waals surface area contributed by atoms with Crippen molar-refractivity contribution in [1.29, 1.82) is 0 Å². The molecule has 1 aromatic rings. The molecule has 0 N–H and O–H groups in total. The fraction of sp³-hybridized carbons (Fsp3) is 0.733. The molecule has 5 heteroatoms. The lowest BCUT2D eigenvalue weighted by Gasteiger charge is -2.30. The third-order valence-electron chi connectivity index (χ3n) is 3.74. The molecule has 0 atom stereocenters. The maximum Gasteiger partial charge on any atom is 0.220 e. The van der Waals surface area contributed by atoms with E-state index in [-0.39, 0.29) is 10.2 Å². The number of thiol groups is 1. The van der Waals surface area contributed by atoms with Gasteiger partial charge in [0.1, 0.15) is 0 Å². The maximum atomic E-state index is 12.0. The lowest BCUT2D eigenvalue weighted by Crippen LogP contribution is -2.35. The summed E-state index contributed by atoms with van der Waals surface area (Å²) in [5.74, 6) is 0. The molecule has 0 aliphatic heterocycles. The summed E-state index contributed by atoms with van der Waals surface area (Å²) in [6.07, 6.45) is 1.04. The van der Waals surface area contributed by atoms with Crippen LogP contribution in [0, 0.1) is 4.51 Å². The predicted octanol–water partition coefficient (Wildman–Crippen LogP) is 2.98. The highest BCUT2D eigenvalue weighted by Crippen LogP contribution is 2.35. The standard InChI is InChI=1S/C15H26N2OS2/c1-6-17(7-2)10-8-9-16(5)12-11(15(3,4)20)14(19)13(12)18/h20H,6-10H2,1-5H3.